The molecule has 1 heterocycles. The zero-order valence-electron chi connectivity index (χ0n) is 17.0. The van der Waals surface area contributed by atoms with Gasteiger partial charge in [0, 0.05) is 18.2 Å². The van der Waals surface area contributed by atoms with Crippen molar-refractivity contribution in [1.82, 2.24) is 4.57 Å². The molecule has 4 aromatic rings. The molecular weight excluding hydrogens is 366 g/mol. The van der Waals surface area contributed by atoms with Gasteiger partial charge in [0.2, 0.25) is 0 Å². The molecule has 2 heteroatoms. The van der Waals surface area contributed by atoms with Gasteiger partial charge in [0.1, 0.15) is 0 Å². The van der Waals surface area contributed by atoms with Gasteiger partial charge in [-0.2, -0.15) is 0 Å². The van der Waals surface area contributed by atoms with Gasteiger partial charge < -0.3 is 4.57 Å². The Labute approximate surface area is 177 Å². The molecule has 30 heavy (non-hydrogen) atoms. The van der Waals surface area contributed by atoms with Crippen LogP contribution in [0.4, 0.5) is 0 Å². The Hall–Kier alpha value is -3.39. The minimum atomic E-state index is -0.0628. The predicted molar refractivity (Wildman–Crippen MR) is 122 cm³/mol. The van der Waals surface area contributed by atoms with E-state index in [1.807, 2.05) is 6.07 Å². The summed E-state index contributed by atoms with van der Waals surface area (Å²) in [6.07, 6.45) is 5.67. The summed E-state index contributed by atoms with van der Waals surface area (Å²) in [6.45, 7) is 0. The summed E-state index contributed by atoms with van der Waals surface area (Å²) < 4.78 is 2.27. The summed E-state index contributed by atoms with van der Waals surface area (Å²) in [6, 6.07) is 31.6. The van der Waals surface area contributed by atoms with Crippen molar-refractivity contribution < 1.29 is 4.79 Å². The van der Waals surface area contributed by atoms with Crippen molar-refractivity contribution in [3.8, 4) is 22.4 Å². The lowest BCUT2D eigenvalue weighted by atomic mass is 9.94. The van der Waals surface area contributed by atoms with Crippen molar-refractivity contribution in [3.63, 3.8) is 0 Å². The van der Waals surface area contributed by atoms with E-state index in [2.05, 4.69) is 95.7 Å². The first-order chi connectivity index (χ1) is 14.8. The van der Waals surface area contributed by atoms with E-state index in [1.54, 1.807) is 0 Å². The number of hydrogen-bond donors (Lipinski definition) is 0. The molecule has 0 bridgehead atoms. The summed E-state index contributed by atoms with van der Waals surface area (Å²) >= 11 is 0. The molecule has 1 atom stereocenters. The summed E-state index contributed by atoms with van der Waals surface area (Å²) in [5, 5.41) is 0. The third kappa shape index (κ3) is 3.50. The minimum Gasteiger partial charge on any atom is -0.336 e. The zero-order chi connectivity index (χ0) is 20.3. The van der Waals surface area contributed by atoms with E-state index < -0.39 is 0 Å². The lowest BCUT2D eigenvalue weighted by Gasteiger charge is -2.17. The van der Waals surface area contributed by atoms with Gasteiger partial charge in [-0.05, 0) is 41.5 Å². The lowest BCUT2D eigenvalue weighted by molar-refractivity contribution is -0.120. The molecular formula is C28H25NO. The third-order valence-electron chi connectivity index (χ3n) is 6.07. The molecule has 1 aliphatic carbocycles. The van der Waals surface area contributed by atoms with Crippen LogP contribution in [0.15, 0.2) is 97.2 Å². The Morgan fingerprint density at radius 2 is 1.37 bits per heavy atom. The molecule has 1 aliphatic rings. The van der Waals surface area contributed by atoms with E-state index in [9.17, 15) is 4.79 Å². The third-order valence-corrected chi connectivity index (χ3v) is 6.07. The van der Waals surface area contributed by atoms with E-state index in [0.717, 1.165) is 30.5 Å². The van der Waals surface area contributed by atoms with Crippen LogP contribution in [-0.4, -0.2) is 10.4 Å². The van der Waals surface area contributed by atoms with E-state index >= 15 is 0 Å². The topological polar surface area (TPSA) is 22.0 Å². The molecule has 148 valence electrons. The Morgan fingerprint density at radius 3 is 1.97 bits per heavy atom. The molecule has 1 unspecified atom stereocenters. The first-order valence-corrected chi connectivity index (χ1v) is 10.7. The molecule has 2 nitrogen and oxygen atoms in total. The van der Waals surface area contributed by atoms with E-state index in [1.165, 1.54) is 22.3 Å². The van der Waals surface area contributed by atoms with Crippen LogP contribution in [0, 0.1) is 0 Å². The van der Waals surface area contributed by atoms with Crippen molar-refractivity contribution in [1.29, 1.82) is 0 Å². The standard InChI is InChI=1S/C28H25NO/c30-26-18-10-17-25(26)29-20-24(19-21-11-4-1-5-12-21)27(22-13-6-2-7-14-22)28(29)23-15-8-3-9-16-23/h1-9,11-16,20,25H,10,17-19H2. The fraction of sp³-hybridized carbons (Fsp3) is 0.179. The first-order valence-electron chi connectivity index (χ1n) is 10.7. The number of carbonyl (C=O) groups is 1. The normalized spacial score (nSPS) is 16.1. The highest BCUT2D eigenvalue weighted by molar-refractivity contribution is 5.89. The Morgan fingerprint density at radius 1 is 0.767 bits per heavy atom. The summed E-state index contributed by atoms with van der Waals surface area (Å²) in [5.74, 6) is 0.355. The van der Waals surface area contributed by atoms with Gasteiger partial charge in [-0.15, -0.1) is 0 Å². The second-order valence-corrected chi connectivity index (χ2v) is 8.05. The second-order valence-electron chi connectivity index (χ2n) is 8.05. The number of aromatic nitrogens is 1. The Balaban J connectivity index is 1.76. The van der Waals surface area contributed by atoms with Crippen molar-refractivity contribution >= 4 is 5.78 Å². The van der Waals surface area contributed by atoms with Crippen LogP contribution < -0.4 is 0 Å². The molecule has 0 N–H and O–H groups in total. The van der Waals surface area contributed by atoms with Gasteiger partial charge in [-0.1, -0.05) is 91.0 Å². The maximum absolute atomic E-state index is 12.8. The summed E-state index contributed by atoms with van der Waals surface area (Å²) in [4.78, 5) is 12.8. The monoisotopic (exact) mass is 391 g/mol. The van der Waals surface area contributed by atoms with Gasteiger partial charge in [0.05, 0.1) is 11.7 Å². The lowest BCUT2D eigenvalue weighted by Crippen LogP contribution is -2.13. The number of benzene rings is 3. The average Bonchev–Trinajstić information content (AvgIpc) is 3.39. The average molecular weight is 392 g/mol. The van der Waals surface area contributed by atoms with Crippen LogP contribution in [0.2, 0.25) is 0 Å². The van der Waals surface area contributed by atoms with Crippen LogP contribution in [-0.2, 0) is 11.2 Å². The molecule has 0 aliphatic heterocycles. The molecule has 0 spiro atoms. The van der Waals surface area contributed by atoms with Crippen LogP contribution in [0.5, 0.6) is 0 Å². The van der Waals surface area contributed by atoms with Gasteiger partial charge >= 0.3 is 0 Å². The Kier molecular flexibility index (Phi) is 5.06. The molecule has 0 amide bonds. The number of ketones is 1. The number of hydrogen-bond acceptors (Lipinski definition) is 1. The molecule has 5 rings (SSSR count). The van der Waals surface area contributed by atoms with Crippen molar-refractivity contribution in [3.05, 3.63) is 108 Å². The number of carbonyl (C=O) groups excluding carboxylic acids is 1. The largest absolute Gasteiger partial charge is 0.336 e. The van der Waals surface area contributed by atoms with Crippen LogP contribution in [0.1, 0.15) is 36.4 Å². The number of nitrogens with zero attached hydrogens (tertiary/aromatic N) is 1. The van der Waals surface area contributed by atoms with E-state index in [4.69, 9.17) is 0 Å². The molecule has 1 aromatic heterocycles. The zero-order valence-corrected chi connectivity index (χ0v) is 17.0. The highest BCUT2D eigenvalue weighted by Crippen LogP contribution is 2.41. The number of Topliss-reactive ketones (excluding diaryl/α,β-unsaturated/α-hetero) is 1. The summed E-state index contributed by atoms with van der Waals surface area (Å²) in [7, 11) is 0. The molecule has 3 aromatic carbocycles. The van der Waals surface area contributed by atoms with Gasteiger partial charge in [-0.25, -0.2) is 0 Å². The molecule has 0 saturated heterocycles. The smallest absolute Gasteiger partial charge is 0.155 e. The van der Waals surface area contributed by atoms with E-state index in [-0.39, 0.29) is 6.04 Å². The fourth-order valence-electron chi connectivity index (χ4n) is 4.68. The SMILES string of the molecule is O=C1CCCC1n1cc(Cc2ccccc2)c(-c2ccccc2)c1-c1ccccc1. The van der Waals surface area contributed by atoms with Gasteiger partial charge in [0.25, 0.3) is 0 Å². The first kappa shape index (κ1) is 18.6. The fourth-order valence-corrected chi connectivity index (χ4v) is 4.68. The van der Waals surface area contributed by atoms with Crippen molar-refractivity contribution in [2.24, 2.45) is 0 Å². The maximum atomic E-state index is 12.8. The van der Waals surface area contributed by atoms with Crippen molar-refractivity contribution in [2.45, 2.75) is 31.7 Å². The van der Waals surface area contributed by atoms with Crippen LogP contribution in [0.25, 0.3) is 22.4 Å². The van der Waals surface area contributed by atoms with Crippen LogP contribution in [0.3, 0.4) is 0 Å². The maximum Gasteiger partial charge on any atom is 0.155 e. The number of rotatable bonds is 5. The highest BCUT2D eigenvalue weighted by Gasteiger charge is 2.30. The molecule has 0 radical (unpaired) electrons. The molecule has 1 fully saturated rings. The molecule has 1 saturated carbocycles. The minimum absolute atomic E-state index is 0.0628. The highest BCUT2D eigenvalue weighted by atomic mass is 16.1. The quantitative estimate of drug-likeness (QED) is 0.371. The van der Waals surface area contributed by atoms with Crippen molar-refractivity contribution in [2.75, 3.05) is 0 Å². The summed E-state index contributed by atoms with van der Waals surface area (Å²) in [5.41, 5.74) is 7.32. The predicted octanol–water partition coefficient (Wildman–Crippen LogP) is 6.71. The second kappa shape index (κ2) is 8.16. The van der Waals surface area contributed by atoms with Gasteiger partial charge in [-0.3, -0.25) is 4.79 Å². The van der Waals surface area contributed by atoms with Crippen LogP contribution >= 0.6 is 0 Å². The van der Waals surface area contributed by atoms with Gasteiger partial charge in [0.15, 0.2) is 5.78 Å². The Bertz CT molecular complexity index is 1140. The van der Waals surface area contributed by atoms with E-state index in [0.29, 0.717) is 12.2 Å².